The van der Waals surface area contributed by atoms with E-state index in [0.717, 1.165) is 30.2 Å². The van der Waals surface area contributed by atoms with Crippen LogP contribution < -0.4 is 14.8 Å². The van der Waals surface area contributed by atoms with Gasteiger partial charge in [0.25, 0.3) is 0 Å². The van der Waals surface area contributed by atoms with Crippen molar-refractivity contribution in [1.82, 2.24) is 5.32 Å². The zero-order valence-electron chi connectivity index (χ0n) is 9.95. The number of methoxy groups -OCH3 is 1. The molecule has 3 nitrogen and oxygen atoms in total. The standard InChI is InChI=1S/C13H19NO2/c1-4-7-14-8-9-16-12-6-5-11(2)10-13(12)15-3/h4-6,10,14H,1,7-9H2,2-3H3. The van der Waals surface area contributed by atoms with Crippen molar-refractivity contribution in [3.8, 4) is 11.5 Å². The second-order valence-corrected chi connectivity index (χ2v) is 3.50. The maximum Gasteiger partial charge on any atom is 0.161 e. The van der Waals surface area contributed by atoms with E-state index in [1.165, 1.54) is 0 Å². The van der Waals surface area contributed by atoms with E-state index in [1.807, 2.05) is 31.2 Å². The van der Waals surface area contributed by atoms with Crippen molar-refractivity contribution >= 4 is 0 Å². The summed E-state index contributed by atoms with van der Waals surface area (Å²) in [7, 11) is 1.65. The van der Waals surface area contributed by atoms with Crippen LogP contribution in [0.5, 0.6) is 11.5 Å². The minimum absolute atomic E-state index is 0.618. The minimum Gasteiger partial charge on any atom is -0.493 e. The number of hydrogen-bond donors (Lipinski definition) is 1. The highest BCUT2D eigenvalue weighted by molar-refractivity contribution is 5.42. The zero-order chi connectivity index (χ0) is 11.8. The first-order valence-electron chi connectivity index (χ1n) is 5.37. The van der Waals surface area contributed by atoms with Gasteiger partial charge in [0, 0.05) is 13.1 Å². The van der Waals surface area contributed by atoms with Crippen LogP contribution in [0, 0.1) is 6.92 Å². The molecule has 1 aromatic carbocycles. The van der Waals surface area contributed by atoms with E-state index in [1.54, 1.807) is 7.11 Å². The Kier molecular flexibility index (Phi) is 5.43. The normalized spacial score (nSPS) is 9.88. The van der Waals surface area contributed by atoms with Gasteiger partial charge in [0.2, 0.25) is 0 Å². The number of nitrogens with one attached hydrogen (secondary N) is 1. The van der Waals surface area contributed by atoms with Crippen LogP contribution >= 0.6 is 0 Å². The Labute approximate surface area is 97.1 Å². The molecule has 0 aliphatic carbocycles. The van der Waals surface area contributed by atoms with E-state index in [4.69, 9.17) is 9.47 Å². The maximum atomic E-state index is 5.61. The van der Waals surface area contributed by atoms with E-state index < -0.39 is 0 Å². The number of hydrogen-bond acceptors (Lipinski definition) is 3. The largest absolute Gasteiger partial charge is 0.493 e. The third-order valence-electron chi connectivity index (χ3n) is 2.14. The van der Waals surface area contributed by atoms with Crippen molar-refractivity contribution in [3.05, 3.63) is 36.4 Å². The molecular formula is C13H19NO2. The van der Waals surface area contributed by atoms with Crippen LogP contribution in [-0.2, 0) is 0 Å². The topological polar surface area (TPSA) is 30.5 Å². The molecule has 1 aromatic rings. The van der Waals surface area contributed by atoms with Crippen LogP contribution in [0.3, 0.4) is 0 Å². The lowest BCUT2D eigenvalue weighted by Gasteiger charge is -2.11. The van der Waals surface area contributed by atoms with E-state index in [9.17, 15) is 0 Å². The van der Waals surface area contributed by atoms with E-state index in [0.29, 0.717) is 6.61 Å². The molecule has 0 radical (unpaired) electrons. The molecule has 88 valence electrons. The minimum atomic E-state index is 0.618. The zero-order valence-corrected chi connectivity index (χ0v) is 9.95. The van der Waals surface area contributed by atoms with Crippen LogP contribution in [-0.4, -0.2) is 26.8 Å². The average molecular weight is 221 g/mol. The lowest BCUT2D eigenvalue weighted by molar-refractivity contribution is 0.294. The number of ether oxygens (including phenoxy) is 2. The molecule has 0 atom stereocenters. The summed E-state index contributed by atoms with van der Waals surface area (Å²) in [5.41, 5.74) is 1.16. The molecule has 0 aromatic heterocycles. The van der Waals surface area contributed by atoms with Gasteiger partial charge in [0.05, 0.1) is 7.11 Å². The van der Waals surface area contributed by atoms with Crippen LogP contribution in [0.2, 0.25) is 0 Å². The van der Waals surface area contributed by atoms with Gasteiger partial charge >= 0.3 is 0 Å². The van der Waals surface area contributed by atoms with Crippen LogP contribution in [0.15, 0.2) is 30.9 Å². The van der Waals surface area contributed by atoms with Crippen molar-refractivity contribution in [2.24, 2.45) is 0 Å². The maximum absolute atomic E-state index is 5.61. The van der Waals surface area contributed by atoms with Crippen molar-refractivity contribution < 1.29 is 9.47 Å². The molecule has 3 heteroatoms. The van der Waals surface area contributed by atoms with Gasteiger partial charge in [-0.1, -0.05) is 12.1 Å². The summed E-state index contributed by atoms with van der Waals surface area (Å²) in [6.07, 6.45) is 1.83. The Morgan fingerprint density at radius 3 is 2.88 bits per heavy atom. The molecule has 0 amide bonds. The van der Waals surface area contributed by atoms with Gasteiger partial charge in [-0.25, -0.2) is 0 Å². The summed E-state index contributed by atoms with van der Waals surface area (Å²) in [6, 6.07) is 5.91. The fourth-order valence-corrected chi connectivity index (χ4v) is 1.33. The van der Waals surface area contributed by atoms with Crippen molar-refractivity contribution in [2.75, 3.05) is 26.8 Å². The summed E-state index contributed by atoms with van der Waals surface area (Å²) >= 11 is 0. The predicted molar refractivity (Wildman–Crippen MR) is 66.3 cm³/mol. The number of rotatable bonds is 7. The van der Waals surface area contributed by atoms with Crippen molar-refractivity contribution in [1.29, 1.82) is 0 Å². The predicted octanol–water partition coefficient (Wildman–Crippen LogP) is 2.16. The van der Waals surface area contributed by atoms with Crippen molar-refractivity contribution in [2.45, 2.75) is 6.92 Å². The summed E-state index contributed by atoms with van der Waals surface area (Å²) in [4.78, 5) is 0. The lowest BCUT2D eigenvalue weighted by Crippen LogP contribution is -2.20. The molecule has 0 aliphatic heterocycles. The van der Waals surface area contributed by atoms with Gasteiger partial charge in [-0.2, -0.15) is 0 Å². The Morgan fingerprint density at radius 1 is 1.38 bits per heavy atom. The molecule has 0 fully saturated rings. The SMILES string of the molecule is C=CCNCCOc1ccc(C)cc1OC. The summed E-state index contributed by atoms with van der Waals surface area (Å²) in [5, 5.41) is 3.17. The van der Waals surface area contributed by atoms with Crippen LogP contribution in [0.4, 0.5) is 0 Å². The monoisotopic (exact) mass is 221 g/mol. The second-order valence-electron chi connectivity index (χ2n) is 3.50. The van der Waals surface area contributed by atoms with Gasteiger partial charge in [0.1, 0.15) is 6.61 Å². The van der Waals surface area contributed by atoms with Gasteiger partial charge in [-0.05, 0) is 24.6 Å². The number of benzene rings is 1. The first kappa shape index (κ1) is 12.6. The van der Waals surface area contributed by atoms with E-state index in [-0.39, 0.29) is 0 Å². The number of aryl methyl sites for hydroxylation is 1. The first-order chi connectivity index (χ1) is 7.77. The highest BCUT2D eigenvalue weighted by Crippen LogP contribution is 2.27. The van der Waals surface area contributed by atoms with Crippen LogP contribution in [0.1, 0.15) is 5.56 Å². The molecule has 0 saturated heterocycles. The highest BCUT2D eigenvalue weighted by Gasteiger charge is 2.03. The first-order valence-corrected chi connectivity index (χ1v) is 5.37. The summed E-state index contributed by atoms with van der Waals surface area (Å²) in [6.45, 7) is 7.87. The third-order valence-corrected chi connectivity index (χ3v) is 2.14. The smallest absolute Gasteiger partial charge is 0.161 e. The van der Waals surface area contributed by atoms with Gasteiger partial charge in [-0.3, -0.25) is 0 Å². The lowest BCUT2D eigenvalue weighted by atomic mass is 10.2. The Balaban J connectivity index is 2.43. The fraction of sp³-hybridized carbons (Fsp3) is 0.385. The molecule has 1 N–H and O–H groups in total. The van der Waals surface area contributed by atoms with Gasteiger partial charge < -0.3 is 14.8 Å². The molecule has 0 saturated carbocycles. The van der Waals surface area contributed by atoms with Crippen molar-refractivity contribution in [3.63, 3.8) is 0 Å². The Morgan fingerprint density at radius 2 is 2.19 bits per heavy atom. The van der Waals surface area contributed by atoms with E-state index >= 15 is 0 Å². The molecule has 0 spiro atoms. The Hall–Kier alpha value is -1.48. The molecular weight excluding hydrogens is 202 g/mol. The van der Waals surface area contributed by atoms with E-state index in [2.05, 4.69) is 11.9 Å². The third kappa shape index (κ3) is 3.95. The summed E-state index contributed by atoms with van der Waals surface area (Å²) < 4.78 is 10.9. The molecule has 0 heterocycles. The van der Waals surface area contributed by atoms with Crippen LogP contribution in [0.25, 0.3) is 0 Å². The molecule has 0 unspecified atom stereocenters. The quantitative estimate of drug-likeness (QED) is 0.565. The summed E-state index contributed by atoms with van der Waals surface area (Å²) in [5.74, 6) is 1.57. The molecule has 1 rings (SSSR count). The Bertz CT molecular complexity index is 337. The fourth-order valence-electron chi connectivity index (χ4n) is 1.33. The second kappa shape index (κ2) is 6.90. The molecule has 16 heavy (non-hydrogen) atoms. The molecule has 0 aliphatic rings. The van der Waals surface area contributed by atoms with Gasteiger partial charge in [-0.15, -0.1) is 6.58 Å². The molecule has 0 bridgehead atoms. The average Bonchev–Trinajstić information content (AvgIpc) is 2.30. The highest BCUT2D eigenvalue weighted by atomic mass is 16.5. The van der Waals surface area contributed by atoms with Gasteiger partial charge in [0.15, 0.2) is 11.5 Å².